The smallest absolute Gasteiger partial charge is 0.227 e. The standard InChI is InChI=1S/C24H23F2NO2S/c25-21-8-7-19(14-22(21)26)18-5-3-17(4-6-18)15-24(9-11-29-12-10-24)23(28)27-16-20-2-1-13-30-20/h1-8,13-14H,9-12,15-16H2,(H,27,28). The van der Waals surface area contributed by atoms with Crippen molar-refractivity contribution in [3.8, 4) is 11.1 Å². The molecule has 4 rings (SSSR count). The van der Waals surface area contributed by atoms with Gasteiger partial charge in [-0.15, -0.1) is 11.3 Å². The van der Waals surface area contributed by atoms with E-state index in [0.717, 1.165) is 22.1 Å². The minimum atomic E-state index is -0.861. The summed E-state index contributed by atoms with van der Waals surface area (Å²) < 4.78 is 32.2. The number of nitrogens with one attached hydrogen (secondary N) is 1. The lowest BCUT2D eigenvalue weighted by Crippen LogP contribution is -2.45. The van der Waals surface area contributed by atoms with Gasteiger partial charge in [-0.05, 0) is 59.5 Å². The molecule has 156 valence electrons. The molecule has 0 spiro atoms. The van der Waals surface area contributed by atoms with Gasteiger partial charge in [0, 0.05) is 18.1 Å². The molecule has 1 fully saturated rings. The number of rotatable bonds is 6. The van der Waals surface area contributed by atoms with E-state index in [9.17, 15) is 13.6 Å². The number of hydrogen-bond acceptors (Lipinski definition) is 3. The Morgan fingerprint density at radius 3 is 2.40 bits per heavy atom. The Hall–Kier alpha value is -2.57. The second-order valence-corrected chi connectivity index (χ2v) is 8.69. The maximum atomic E-state index is 13.5. The first-order valence-corrected chi connectivity index (χ1v) is 10.9. The highest BCUT2D eigenvalue weighted by atomic mass is 32.1. The van der Waals surface area contributed by atoms with Crippen LogP contribution >= 0.6 is 11.3 Å². The third-order valence-electron chi connectivity index (χ3n) is 5.68. The minimum Gasteiger partial charge on any atom is -0.381 e. The second kappa shape index (κ2) is 9.06. The summed E-state index contributed by atoms with van der Waals surface area (Å²) in [6, 6.07) is 15.6. The number of thiophene rings is 1. The molecule has 3 aromatic rings. The highest BCUT2D eigenvalue weighted by molar-refractivity contribution is 7.09. The van der Waals surface area contributed by atoms with Crippen LogP contribution in [0.4, 0.5) is 8.78 Å². The summed E-state index contributed by atoms with van der Waals surface area (Å²) in [5.41, 5.74) is 1.96. The Balaban J connectivity index is 1.49. The summed E-state index contributed by atoms with van der Waals surface area (Å²) in [5, 5.41) is 5.10. The van der Waals surface area contributed by atoms with Crippen molar-refractivity contribution in [3.63, 3.8) is 0 Å². The predicted molar refractivity (Wildman–Crippen MR) is 114 cm³/mol. The Bertz CT molecular complexity index is 997. The molecule has 2 heterocycles. The first-order chi connectivity index (χ1) is 14.6. The Morgan fingerprint density at radius 1 is 1.00 bits per heavy atom. The lowest BCUT2D eigenvalue weighted by molar-refractivity contribution is -0.136. The van der Waals surface area contributed by atoms with E-state index in [1.54, 1.807) is 17.4 Å². The monoisotopic (exact) mass is 427 g/mol. The summed E-state index contributed by atoms with van der Waals surface area (Å²) in [5.74, 6) is -1.66. The fourth-order valence-electron chi connectivity index (χ4n) is 3.90. The molecule has 1 aliphatic heterocycles. The third-order valence-corrected chi connectivity index (χ3v) is 6.56. The molecular formula is C24H23F2NO2S. The third kappa shape index (κ3) is 4.60. The highest BCUT2D eigenvalue weighted by Gasteiger charge is 2.40. The fraction of sp³-hybridized carbons (Fsp3) is 0.292. The number of carbonyl (C=O) groups is 1. The normalized spacial score (nSPS) is 15.7. The SMILES string of the molecule is O=C(NCc1cccs1)C1(Cc2ccc(-c3ccc(F)c(F)c3)cc2)CCOCC1. The average molecular weight is 428 g/mol. The molecule has 1 N–H and O–H groups in total. The largest absolute Gasteiger partial charge is 0.381 e. The van der Waals surface area contributed by atoms with Gasteiger partial charge in [-0.1, -0.05) is 36.4 Å². The van der Waals surface area contributed by atoms with Crippen LogP contribution in [0.2, 0.25) is 0 Å². The van der Waals surface area contributed by atoms with Gasteiger partial charge in [0.1, 0.15) is 0 Å². The number of halogens is 2. The van der Waals surface area contributed by atoms with E-state index in [2.05, 4.69) is 5.32 Å². The van der Waals surface area contributed by atoms with Gasteiger partial charge in [-0.3, -0.25) is 4.79 Å². The molecule has 0 atom stereocenters. The number of hydrogen-bond donors (Lipinski definition) is 1. The zero-order chi connectivity index (χ0) is 21.0. The summed E-state index contributed by atoms with van der Waals surface area (Å²) >= 11 is 1.63. The number of amides is 1. The zero-order valence-corrected chi connectivity index (χ0v) is 17.3. The number of benzene rings is 2. The molecule has 1 amide bonds. The van der Waals surface area contributed by atoms with E-state index in [0.29, 0.717) is 44.6 Å². The van der Waals surface area contributed by atoms with Gasteiger partial charge in [0.25, 0.3) is 0 Å². The van der Waals surface area contributed by atoms with Crippen molar-refractivity contribution < 1.29 is 18.3 Å². The topological polar surface area (TPSA) is 38.3 Å². The number of ether oxygens (including phenoxy) is 1. The summed E-state index contributed by atoms with van der Waals surface area (Å²) in [4.78, 5) is 14.3. The van der Waals surface area contributed by atoms with Gasteiger partial charge in [-0.2, -0.15) is 0 Å². The van der Waals surface area contributed by atoms with Crippen LogP contribution in [-0.2, 0) is 22.5 Å². The van der Waals surface area contributed by atoms with E-state index in [1.807, 2.05) is 41.8 Å². The van der Waals surface area contributed by atoms with Crippen LogP contribution in [0.1, 0.15) is 23.3 Å². The van der Waals surface area contributed by atoms with Crippen LogP contribution in [0.3, 0.4) is 0 Å². The lowest BCUT2D eigenvalue weighted by Gasteiger charge is -2.36. The number of carbonyl (C=O) groups excluding carboxylic acids is 1. The van der Waals surface area contributed by atoms with E-state index >= 15 is 0 Å². The van der Waals surface area contributed by atoms with Gasteiger partial charge < -0.3 is 10.1 Å². The summed E-state index contributed by atoms with van der Waals surface area (Å²) in [6.45, 7) is 1.67. The van der Waals surface area contributed by atoms with Crippen LogP contribution < -0.4 is 5.32 Å². The second-order valence-electron chi connectivity index (χ2n) is 7.66. The van der Waals surface area contributed by atoms with E-state index in [1.165, 1.54) is 6.07 Å². The average Bonchev–Trinajstić information content (AvgIpc) is 3.29. The fourth-order valence-corrected chi connectivity index (χ4v) is 4.54. The molecule has 3 nitrogen and oxygen atoms in total. The quantitative estimate of drug-likeness (QED) is 0.576. The summed E-state index contributed by atoms with van der Waals surface area (Å²) in [7, 11) is 0. The molecule has 30 heavy (non-hydrogen) atoms. The van der Waals surface area contributed by atoms with Gasteiger partial charge in [0.2, 0.25) is 5.91 Å². The Kier molecular flexibility index (Phi) is 6.25. The first kappa shape index (κ1) is 20.7. The van der Waals surface area contributed by atoms with Crippen LogP contribution in [0.15, 0.2) is 60.0 Å². The maximum Gasteiger partial charge on any atom is 0.227 e. The molecule has 6 heteroatoms. The highest BCUT2D eigenvalue weighted by Crippen LogP contribution is 2.35. The van der Waals surface area contributed by atoms with Crippen molar-refractivity contribution in [1.29, 1.82) is 0 Å². The molecule has 0 radical (unpaired) electrons. The van der Waals surface area contributed by atoms with Crippen molar-refractivity contribution in [1.82, 2.24) is 5.32 Å². The van der Waals surface area contributed by atoms with E-state index in [-0.39, 0.29) is 5.91 Å². The molecule has 0 bridgehead atoms. The molecule has 0 saturated carbocycles. The first-order valence-electron chi connectivity index (χ1n) is 9.99. The van der Waals surface area contributed by atoms with Crippen LogP contribution in [-0.4, -0.2) is 19.1 Å². The molecule has 0 unspecified atom stereocenters. The van der Waals surface area contributed by atoms with Crippen molar-refractivity contribution in [3.05, 3.63) is 82.1 Å². The van der Waals surface area contributed by atoms with Gasteiger partial charge in [0.15, 0.2) is 11.6 Å². The van der Waals surface area contributed by atoms with Crippen molar-refractivity contribution >= 4 is 17.2 Å². The molecule has 2 aromatic carbocycles. The molecule has 1 aliphatic rings. The van der Waals surface area contributed by atoms with Gasteiger partial charge >= 0.3 is 0 Å². The van der Waals surface area contributed by atoms with Crippen LogP contribution in [0.5, 0.6) is 0 Å². The zero-order valence-electron chi connectivity index (χ0n) is 16.5. The van der Waals surface area contributed by atoms with Crippen molar-refractivity contribution in [2.45, 2.75) is 25.8 Å². The van der Waals surface area contributed by atoms with E-state index in [4.69, 9.17) is 4.74 Å². The van der Waals surface area contributed by atoms with E-state index < -0.39 is 17.0 Å². The Morgan fingerprint density at radius 2 is 1.73 bits per heavy atom. The molecule has 1 saturated heterocycles. The molecule has 1 aromatic heterocycles. The van der Waals surface area contributed by atoms with Crippen molar-refractivity contribution in [2.75, 3.05) is 13.2 Å². The minimum absolute atomic E-state index is 0.0592. The Labute approximate surface area is 178 Å². The molecule has 0 aliphatic carbocycles. The summed E-state index contributed by atoms with van der Waals surface area (Å²) in [6.07, 6.45) is 1.97. The maximum absolute atomic E-state index is 13.5. The van der Waals surface area contributed by atoms with Crippen LogP contribution in [0.25, 0.3) is 11.1 Å². The van der Waals surface area contributed by atoms with Gasteiger partial charge in [-0.25, -0.2) is 8.78 Å². The van der Waals surface area contributed by atoms with Crippen LogP contribution in [0, 0.1) is 17.0 Å². The lowest BCUT2D eigenvalue weighted by atomic mass is 9.74. The molecular weight excluding hydrogens is 404 g/mol. The van der Waals surface area contributed by atoms with Gasteiger partial charge in [0.05, 0.1) is 12.0 Å². The van der Waals surface area contributed by atoms with Crippen molar-refractivity contribution in [2.24, 2.45) is 5.41 Å². The predicted octanol–water partition coefficient (Wildman–Crippen LogP) is 5.35.